The minimum atomic E-state index is -0.514. The van der Waals surface area contributed by atoms with E-state index >= 15 is 0 Å². The lowest BCUT2D eigenvalue weighted by Crippen LogP contribution is -2.41. The number of benzene rings is 1. The first-order valence-corrected chi connectivity index (χ1v) is 11.2. The smallest absolute Gasteiger partial charge is 0.269 e. The van der Waals surface area contributed by atoms with E-state index in [1.54, 1.807) is 0 Å². The van der Waals surface area contributed by atoms with Gasteiger partial charge in [0.2, 0.25) is 5.91 Å². The molecule has 1 aromatic heterocycles. The van der Waals surface area contributed by atoms with E-state index < -0.39 is 4.92 Å². The number of hydrogen-bond acceptors (Lipinski definition) is 8. The van der Waals surface area contributed by atoms with E-state index in [1.807, 2.05) is 13.8 Å². The molecule has 1 saturated heterocycles. The quantitative estimate of drug-likeness (QED) is 0.450. The zero-order valence-corrected chi connectivity index (χ0v) is 19.0. The van der Waals surface area contributed by atoms with Gasteiger partial charge in [0.15, 0.2) is 5.13 Å². The number of carbonyl (C=O) groups is 2. The highest BCUT2D eigenvalue weighted by Crippen LogP contribution is 2.21. The van der Waals surface area contributed by atoms with Gasteiger partial charge in [-0.1, -0.05) is 0 Å². The molecule has 3 rings (SSSR count). The van der Waals surface area contributed by atoms with Crippen molar-refractivity contribution in [1.29, 1.82) is 0 Å². The average molecular weight is 462 g/mol. The van der Waals surface area contributed by atoms with Crippen LogP contribution in [0.3, 0.4) is 0 Å². The van der Waals surface area contributed by atoms with E-state index in [4.69, 9.17) is 4.74 Å². The summed E-state index contributed by atoms with van der Waals surface area (Å²) in [5.41, 5.74) is 1.07. The van der Waals surface area contributed by atoms with Gasteiger partial charge in [0, 0.05) is 48.8 Å². The normalized spacial score (nSPS) is 14.2. The Morgan fingerprint density at radius 3 is 2.53 bits per heavy atom. The van der Waals surface area contributed by atoms with E-state index in [0.29, 0.717) is 36.9 Å². The molecule has 172 valence electrons. The van der Waals surface area contributed by atoms with Gasteiger partial charge in [-0.2, -0.15) is 0 Å². The Bertz CT molecular complexity index is 936. The molecule has 11 heteroatoms. The second-order valence-electron chi connectivity index (χ2n) is 7.55. The molecule has 1 aromatic carbocycles. The monoisotopic (exact) mass is 461 g/mol. The van der Waals surface area contributed by atoms with E-state index in [0.717, 1.165) is 30.2 Å². The molecule has 0 atom stereocenters. The van der Waals surface area contributed by atoms with Gasteiger partial charge in [-0.15, -0.1) is 11.3 Å². The summed E-state index contributed by atoms with van der Waals surface area (Å²) in [6, 6.07) is 5.42. The summed E-state index contributed by atoms with van der Waals surface area (Å²) in [6.07, 6.45) is 0.696. The molecule has 2 heterocycles. The van der Waals surface area contributed by atoms with Gasteiger partial charge in [0.05, 0.1) is 23.8 Å². The third-order valence-corrected chi connectivity index (χ3v) is 6.22. The van der Waals surface area contributed by atoms with Crippen molar-refractivity contribution in [3.8, 4) is 0 Å². The number of hydrogen-bond donors (Lipinski definition) is 1. The van der Waals surface area contributed by atoms with Crippen LogP contribution < -0.4 is 5.32 Å². The predicted molar refractivity (Wildman–Crippen MR) is 121 cm³/mol. The Morgan fingerprint density at radius 1 is 1.25 bits per heavy atom. The second kappa shape index (κ2) is 11.1. The predicted octanol–water partition coefficient (Wildman–Crippen LogP) is 2.47. The van der Waals surface area contributed by atoms with E-state index in [2.05, 4.69) is 15.2 Å². The third kappa shape index (κ3) is 6.55. The Hall–Kier alpha value is -2.89. The van der Waals surface area contributed by atoms with Crippen molar-refractivity contribution < 1.29 is 19.2 Å². The highest BCUT2D eigenvalue weighted by molar-refractivity contribution is 7.15. The fourth-order valence-corrected chi connectivity index (χ4v) is 4.16. The maximum atomic E-state index is 13.1. The molecule has 1 N–H and O–H groups in total. The number of ether oxygens (including phenoxy) is 1. The van der Waals surface area contributed by atoms with Crippen molar-refractivity contribution in [1.82, 2.24) is 14.8 Å². The zero-order chi connectivity index (χ0) is 23.1. The number of aryl methyl sites for hydroxylation is 2. The van der Waals surface area contributed by atoms with Crippen LogP contribution in [0.4, 0.5) is 10.8 Å². The Labute approximate surface area is 190 Å². The molecule has 1 fully saturated rings. The number of thiazole rings is 1. The molecule has 0 saturated carbocycles. The summed E-state index contributed by atoms with van der Waals surface area (Å²) in [5, 5.41) is 14.2. The maximum absolute atomic E-state index is 13.1. The van der Waals surface area contributed by atoms with Gasteiger partial charge in [0.1, 0.15) is 6.54 Å². The molecular formula is C21H27N5O5S. The molecule has 1 aliphatic heterocycles. The molecule has 0 unspecified atom stereocenters. The van der Waals surface area contributed by atoms with Crippen molar-refractivity contribution >= 4 is 34.0 Å². The number of non-ortho nitro benzene ring substituents is 1. The van der Waals surface area contributed by atoms with Gasteiger partial charge in [-0.3, -0.25) is 24.6 Å². The van der Waals surface area contributed by atoms with Crippen LogP contribution in [0.15, 0.2) is 24.3 Å². The van der Waals surface area contributed by atoms with Crippen molar-refractivity contribution in [3.63, 3.8) is 0 Å². The molecule has 2 aromatic rings. The number of nitro benzene ring substituents is 1. The van der Waals surface area contributed by atoms with Crippen LogP contribution >= 0.6 is 11.3 Å². The topological polar surface area (TPSA) is 118 Å². The lowest BCUT2D eigenvalue weighted by molar-refractivity contribution is -0.384. The Morgan fingerprint density at radius 2 is 1.94 bits per heavy atom. The number of nitro groups is 1. The first kappa shape index (κ1) is 23.8. The summed E-state index contributed by atoms with van der Waals surface area (Å²) in [5.74, 6) is -0.677. The fraction of sp³-hybridized carbons (Fsp3) is 0.476. The largest absolute Gasteiger partial charge is 0.379 e. The molecule has 0 aliphatic carbocycles. The van der Waals surface area contributed by atoms with Crippen LogP contribution in [-0.2, 0) is 9.53 Å². The van der Waals surface area contributed by atoms with Crippen LogP contribution in [0, 0.1) is 24.0 Å². The van der Waals surface area contributed by atoms with Gasteiger partial charge in [-0.25, -0.2) is 4.98 Å². The van der Waals surface area contributed by atoms with E-state index in [1.165, 1.54) is 40.5 Å². The highest BCUT2D eigenvalue weighted by atomic mass is 32.1. The first-order chi connectivity index (χ1) is 15.3. The van der Waals surface area contributed by atoms with Crippen LogP contribution in [0.5, 0.6) is 0 Å². The lowest BCUT2D eigenvalue weighted by atomic mass is 10.1. The zero-order valence-electron chi connectivity index (χ0n) is 18.2. The van der Waals surface area contributed by atoms with Gasteiger partial charge in [-0.05, 0) is 32.4 Å². The minimum absolute atomic E-state index is 0.0901. The van der Waals surface area contributed by atoms with Crippen molar-refractivity contribution in [2.45, 2.75) is 20.3 Å². The molecule has 1 aliphatic rings. The molecule has 32 heavy (non-hydrogen) atoms. The maximum Gasteiger partial charge on any atom is 0.269 e. The molecular weight excluding hydrogens is 434 g/mol. The number of carbonyl (C=O) groups excluding carboxylic acids is 2. The Balaban J connectivity index is 1.66. The van der Waals surface area contributed by atoms with Crippen LogP contribution in [0.1, 0.15) is 27.3 Å². The molecule has 0 spiro atoms. The number of aromatic nitrogens is 1. The number of nitrogens with one attached hydrogen (secondary N) is 1. The SMILES string of the molecule is Cc1nc(NC(=O)CN(CCCN2CCOCC2)C(=O)c2ccc([N+](=O)[O-])cc2)sc1C. The number of morpholine rings is 1. The number of nitrogens with zero attached hydrogens (tertiary/aromatic N) is 4. The third-order valence-electron chi connectivity index (χ3n) is 5.23. The van der Waals surface area contributed by atoms with Gasteiger partial charge < -0.3 is 15.0 Å². The molecule has 2 amide bonds. The highest BCUT2D eigenvalue weighted by Gasteiger charge is 2.21. The molecule has 10 nitrogen and oxygen atoms in total. The standard InChI is InChI=1S/C21H27N5O5S/c1-15-16(2)32-21(22-15)23-19(27)14-25(9-3-8-24-10-12-31-13-11-24)20(28)17-4-6-18(7-5-17)26(29)30/h4-7H,3,8-14H2,1-2H3,(H,22,23,27). The summed E-state index contributed by atoms with van der Waals surface area (Å²) in [7, 11) is 0. The van der Waals surface area contributed by atoms with Crippen LogP contribution in [-0.4, -0.2) is 77.5 Å². The number of rotatable bonds is 9. The first-order valence-electron chi connectivity index (χ1n) is 10.4. The number of amides is 2. The van der Waals surface area contributed by atoms with Crippen LogP contribution in [0.25, 0.3) is 0 Å². The van der Waals surface area contributed by atoms with Gasteiger partial charge in [0.25, 0.3) is 11.6 Å². The average Bonchev–Trinajstić information content (AvgIpc) is 3.09. The fourth-order valence-electron chi connectivity index (χ4n) is 3.33. The Kier molecular flexibility index (Phi) is 8.26. The summed E-state index contributed by atoms with van der Waals surface area (Å²) >= 11 is 1.39. The van der Waals surface area contributed by atoms with Crippen molar-refractivity contribution in [2.24, 2.45) is 0 Å². The van der Waals surface area contributed by atoms with Crippen LogP contribution in [0.2, 0.25) is 0 Å². The minimum Gasteiger partial charge on any atom is -0.379 e. The molecule has 0 bridgehead atoms. The van der Waals surface area contributed by atoms with E-state index in [-0.39, 0.29) is 24.0 Å². The summed E-state index contributed by atoms with van der Waals surface area (Å²) in [6.45, 7) is 7.93. The lowest BCUT2D eigenvalue weighted by Gasteiger charge is -2.28. The van der Waals surface area contributed by atoms with E-state index in [9.17, 15) is 19.7 Å². The summed E-state index contributed by atoms with van der Waals surface area (Å²) < 4.78 is 5.36. The molecule has 0 radical (unpaired) electrons. The van der Waals surface area contributed by atoms with Gasteiger partial charge >= 0.3 is 0 Å². The number of anilines is 1. The second-order valence-corrected chi connectivity index (χ2v) is 8.75. The van der Waals surface area contributed by atoms with Crippen molar-refractivity contribution in [2.75, 3.05) is 51.3 Å². The summed E-state index contributed by atoms with van der Waals surface area (Å²) in [4.78, 5) is 45.2. The van der Waals surface area contributed by atoms with Crippen molar-refractivity contribution in [3.05, 3.63) is 50.5 Å².